The molecule has 0 N–H and O–H groups in total. The second kappa shape index (κ2) is 8.66. The molecule has 0 radical (unpaired) electrons. The molecule has 3 rings (SSSR count). The van der Waals surface area contributed by atoms with E-state index in [1.165, 1.54) is 65.8 Å². The molecule has 1 aliphatic rings. The molecule has 2 bridgehead atoms. The van der Waals surface area contributed by atoms with E-state index in [2.05, 4.69) is 68.3 Å². The van der Waals surface area contributed by atoms with Crippen LogP contribution in [0.5, 0.6) is 0 Å². The maximum atomic E-state index is 4.36. The molecule has 1 aromatic carbocycles. The fraction of sp³-hybridized carbons (Fsp3) is 0.480. The van der Waals surface area contributed by atoms with Crippen LogP contribution in [0.3, 0.4) is 0 Å². The van der Waals surface area contributed by atoms with E-state index in [0.29, 0.717) is 5.92 Å². The second-order valence-corrected chi connectivity index (χ2v) is 7.83. The Morgan fingerprint density at radius 3 is 2.69 bits per heavy atom. The average Bonchev–Trinajstić information content (AvgIpc) is 2.71. The summed E-state index contributed by atoms with van der Waals surface area (Å²) < 4.78 is 2.56. The number of nitrogens with zero attached hydrogens (tertiary/aromatic N) is 1. The molecule has 1 unspecified atom stereocenters. The highest BCUT2D eigenvalue weighted by Crippen LogP contribution is 2.34. The number of fused-ring (bicyclic) bond motifs is 4. The van der Waals surface area contributed by atoms with Crippen molar-refractivity contribution in [3.8, 4) is 11.3 Å². The van der Waals surface area contributed by atoms with Gasteiger partial charge in [-0.2, -0.15) is 4.57 Å². The number of hydrogen-bond donors (Lipinski definition) is 0. The summed E-state index contributed by atoms with van der Waals surface area (Å²) in [6.07, 6.45) is 8.31. The van der Waals surface area contributed by atoms with E-state index in [-0.39, 0.29) is 0 Å². The van der Waals surface area contributed by atoms with Crippen molar-refractivity contribution in [1.82, 2.24) is 0 Å². The van der Waals surface area contributed by atoms with E-state index < -0.39 is 0 Å². The molecular weight excluding hydrogens is 314 g/mol. The van der Waals surface area contributed by atoms with Gasteiger partial charge in [-0.25, -0.2) is 0 Å². The topological polar surface area (TPSA) is 3.88 Å². The quantitative estimate of drug-likeness (QED) is 0.384. The largest absolute Gasteiger partial charge is 0.213 e. The number of hydrogen-bond acceptors (Lipinski definition) is 0. The lowest BCUT2D eigenvalue weighted by atomic mass is 9.91. The smallest absolute Gasteiger partial charge is 0.191 e. The summed E-state index contributed by atoms with van der Waals surface area (Å²) in [5, 5.41) is 0. The lowest BCUT2D eigenvalue weighted by Crippen LogP contribution is -2.42. The Balaban J connectivity index is 2.09. The summed E-state index contributed by atoms with van der Waals surface area (Å²) in [5.74, 6) is 0.590. The highest BCUT2D eigenvalue weighted by Gasteiger charge is 2.30. The van der Waals surface area contributed by atoms with Crippen molar-refractivity contribution >= 4 is 0 Å². The molecule has 0 saturated carbocycles. The monoisotopic (exact) mass is 348 g/mol. The Bertz CT molecular complexity index is 772. The number of benzene rings is 1. The molecule has 1 nitrogen and oxygen atoms in total. The minimum Gasteiger partial charge on any atom is -0.191 e. The minimum atomic E-state index is 0.590. The summed E-state index contributed by atoms with van der Waals surface area (Å²) in [4.78, 5) is 0. The molecule has 0 spiro atoms. The molecule has 138 valence electrons. The molecule has 0 fully saturated rings. The number of allylic oxidation sites excluding steroid dienone is 1. The zero-order chi connectivity index (χ0) is 18.5. The van der Waals surface area contributed by atoms with Crippen molar-refractivity contribution in [2.24, 2.45) is 0 Å². The maximum Gasteiger partial charge on any atom is 0.213 e. The van der Waals surface area contributed by atoms with Crippen molar-refractivity contribution in [3.63, 3.8) is 0 Å². The highest BCUT2D eigenvalue weighted by atomic mass is 15.0. The first kappa shape index (κ1) is 18.9. The van der Waals surface area contributed by atoms with Gasteiger partial charge in [0.05, 0.1) is 0 Å². The van der Waals surface area contributed by atoms with E-state index in [1.807, 2.05) is 0 Å². The van der Waals surface area contributed by atoms with Crippen LogP contribution in [0.25, 0.3) is 11.3 Å². The summed E-state index contributed by atoms with van der Waals surface area (Å²) in [6, 6.07) is 14.1. The van der Waals surface area contributed by atoms with Gasteiger partial charge in [0.1, 0.15) is 0 Å². The molecule has 26 heavy (non-hydrogen) atoms. The van der Waals surface area contributed by atoms with Crippen molar-refractivity contribution in [1.29, 1.82) is 0 Å². The Morgan fingerprint density at radius 1 is 1.12 bits per heavy atom. The Hall–Kier alpha value is -1.89. The summed E-state index contributed by atoms with van der Waals surface area (Å²) in [6.45, 7) is 12.1. The van der Waals surface area contributed by atoms with E-state index in [4.69, 9.17) is 0 Å². The standard InChI is InChI=1S/C25H34N/c1-5-8-11-20-14-15-22-17-21(7-3)24-12-9-13-25(23(22)16-20)26(24)18-19(4)10-6-2/h9,12-16,21H,4-8,10-11,17-18H2,1-3H3/q+1. The fourth-order valence-corrected chi connectivity index (χ4v) is 4.28. The zero-order valence-corrected chi connectivity index (χ0v) is 16.9. The third kappa shape index (κ3) is 3.92. The number of unbranched alkanes of at least 4 members (excludes halogenated alkanes) is 1. The molecule has 2 heterocycles. The average molecular weight is 349 g/mol. The van der Waals surface area contributed by atoms with E-state index >= 15 is 0 Å². The third-order valence-corrected chi connectivity index (χ3v) is 5.76. The van der Waals surface area contributed by atoms with E-state index in [9.17, 15) is 0 Å². The van der Waals surface area contributed by atoms with Crippen molar-refractivity contribution < 1.29 is 4.57 Å². The van der Waals surface area contributed by atoms with Crippen LogP contribution in [0.15, 0.2) is 48.6 Å². The predicted molar refractivity (Wildman–Crippen MR) is 111 cm³/mol. The highest BCUT2D eigenvalue weighted by molar-refractivity contribution is 5.63. The first-order chi connectivity index (χ1) is 12.7. The van der Waals surface area contributed by atoms with Crippen LogP contribution in [0.2, 0.25) is 0 Å². The lowest BCUT2D eigenvalue weighted by Gasteiger charge is -2.12. The van der Waals surface area contributed by atoms with Crippen LogP contribution in [-0.4, -0.2) is 0 Å². The number of aryl methyl sites for hydroxylation is 1. The Labute approximate surface area is 159 Å². The summed E-state index contributed by atoms with van der Waals surface area (Å²) in [5.41, 5.74) is 8.63. The number of pyridine rings is 1. The SMILES string of the molecule is C=C(CCC)C[n+]1c2cccc1C(CC)Cc1ccc(CCCC)cc1-2. The minimum absolute atomic E-state index is 0.590. The molecule has 1 aromatic heterocycles. The van der Waals surface area contributed by atoms with Crippen molar-refractivity contribution in [3.05, 3.63) is 65.4 Å². The van der Waals surface area contributed by atoms with Crippen LogP contribution in [0.1, 0.15) is 75.6 Å². The lowest BCUT2D eigenvalue weighted by molar-refractivity contribution is -0.686. The molecule has 0 aliphatic carbocycles. The van der Waals surface area contributed by atoms with Gasteiger partial charge in [0.2, 0.25) is 5.69 Å². The van der Waals surface area contributed by atoms with Gasteiger partial charge in [-0.1, -0.05) is 52.3 Å². The first-order valence-corrected chi connectivity index (χ1v) is 10.5. The normalized spacial score (nSPS) is 15.4. The maximum absolute atomic E-state index is 4.36. The molecule has 1 aliphatic heterocycles. The van der Waals surface area contributed by atoms with Gasteiger partial charge in [-0.05, 0) is 60.9 Å². The van der Waals surface area contributed by atoms with Gasteiger partial charge < -0.3 is 0 Å². The van der Waals surface area contributed by atoms with Gasteiger partial charge in [0.25, 0.3) is 0 Å². The van der Waals surface area contributed by atoms with Crippen LogP contribution < -0.4 is 4.57 Å². The van der Waals surface area contributed by atoms with Crippen molar-refractivity contribution in [2.45, 2.75) is 78.2 Å². The zero-order valence-electron chi connectivity index (χ0n) is 16.9. The molecule has 2 aromatic rings. The molecular formula is C25H34N+. The third-order valence-electron chi connectivity index (χ3n) is 5.76. The Kier molecular flexibility index (Phi) is 6.29. The van der Waals surface area contributed by atoms with E-state index in [1.54, 1.807) is 0 Å². The molecule has 0 amide bonds. The van der Waals surface area contributed by atoms with E-state index in [0.717, 1.165) is 19.4 Å². The van der Waals surface area contributed by atoms with Gasteiger partial charge in [-0.3, -0.25) is 0 Å². The van der Waals surface area contributed by atoms with Gasteiger partial charge >= 0.3 is 0 Å². The number of rotatable bonds is 8. The molecule has 0 saturated heterocycles. The van der Waals surface area contributed by atoms with Crippen LogP contribution in [0, 0.1) is 0 Å². The number of aromatic nitrogens is 1. The fourth-order valence-electron chi connectivity index (χ4n) is 4.28. The van der Waals surface area contributed by atoms with Crippen molar-refractivity contribution in [2.75, 3.05) is 0 Å². The Morgan fingerprint density at radius 2 is 1.96 bits per heavy atom. The van der Waals surface area contributed by atoms with Crippen LogP contribution in [0.4, 0.5) is 0 Å². The summed E-state index contributed by atoms with van der Waals surface area (Å²) in [7, 11) is 0. The van der Waals surface area contributed by atoms with Crippen LogP contribution >= 0.6 is 0 Å². The van der Waals surface area contributed by atoms with Crippen LogP contribution in [-0.2, 0) is 19.4 Å². The summed E-state index contributed by atoms with van der Waals surface area (Å²) >= 11 is 0. The molecule has 1 heteroatoms. The van der Waals surface area contributed by atoms with Gasteiger partial charge in [-0.15, -0.1) is 0 Å². The van der Waals surface area contributed by atoms with Gasteiger partial charge in [0.15, 0.2) is 12.2 Å². The van der Waals surface area contributed by atoms with Gasteiger partial charge in [0, 0.05) is 23.6 Å². The predicted octanol–water partition coefficient (Wildman–Crippen LogP) is 6.39. The molecule has 1 atom stereocenters. The second-order valence-electron chi connectivity index (χ2n) is 7.83. The first-order valence-electron chi connectivity index (χ1n) is 10.5.